The highest BCUT2D eigenvalue weighted by Gasteiger charge is 2.38. The SMILES string of the molecule is CCC(C)[C@H](O)[C@H](N)c1c(F)cccc1C(F)(F)F.Cl. The number of nitrogens with two attached hydrogens (primary N) is 1. The maximum absolute atomic E-state index is 13.7. The zero-order valence-electron chi connectivity index (χ0n) is 11.1. The number of hydrogen-bond donors (Lipinski definition) is 2. The standard InChI is InChI=1S/C13H17F4NO.ClH/c1-3-7(2)12(19)11(18)10-8(13(15,16)17)5-4-6-9(10)14;/h4-7,11-12,19H,3,18H2,1-2H3;1H/t7?,11-,12+;/m1./s1. The summed E-state index contributed by atoms with van der Waals surface area (Å²) in [6, 6.07) is 1.24. The molecule has 0 aliphatic carbocycles. The Hall–Kier alpha value is -0.850. The van der Waals surface area contributed by atoms with Gasteiger partial charge in [-0.25, -0.2) is 4.39 Å². The molecule has 0 aliphatic heterocycles. The van der Waals surface area contributed by atoms with Crippen molar-refractivity contribution in [2.45, 2.75) is 38.6 Å². The number of rotatable bonds is 4. The molecule has 3 atom stereocenters. The van der Waals surface area contributed by atoms with E-state index in [1.807, 2.05) is 0 Å². The Balaban J connectivity index is 0.00000361. The smallest absolute Gasteiger partial charge is 0.391 e. The second-order valence-corrected chi connectivity index (χ2v) is 4.60. The number of aliphatic hydroxyl groups is 1. The van der Waals surface area contributed by atoms with Crippen molar-refractivity contribution >= 4 is 12.4 Å². The number of aliphatic hydroxyl groups excluding tert-OH is 1. The van der Waals surface area contributed by atoms with Gasteiger partial charge in [0.2, 0.25) is 0 Å². The molecule has 0 aromatic heterocycles. The molecule has 116 valence electrons. The molecule has 7 heteroatoms. The summed E-state index contributed by atoms with van der Waals surface area (Å²) < 4.78 is 52.2. The van der Waals surface area contributed by atoms with Crippen LogP contribution in [-0.2, 0) is 6.18 Å². The van der Waals surface area contributed by atoms with Crippen molar-refractivity contribution in [1.82, 2.24) is 0 Å². The fourth-order valence-electron chi connectivity index (χ4n) is 1.89. The van der Waals surface area contributed by atoms with Gasteiger partial charge in [0.25, 0.3) is 0 Å². The normalized spacial score (nSPS) is 16.2. The number of alkyl halides is 3. The highest BCUT2D eigenvalue weighted by molar-refractivity contribution is 5.85. The van der Waals surface area contributed by atoms with Gasteiger partial charge in [0, 0.05) is 5.56 Å². The summed E-state index contributed by atoms with van der Waals surface area (Å²) in [6.45, 7) is 3.42. The van der Waals surface area contributed by atoms with Crippen LogP contribution in [0.25, 0.3) is 0 Å². The highest BCUT2D eigenvalue weighted by atomic mass is 35.5. The Morgan fingerprint density at radius 2 is 1.85 bits per heavy atom. The minimum Gasteiger partial charge on any atom is -0.391 e. The van der Waals surface area contributed by atoms with E-state index in [0.29, 0.717) is 6.42 Å². The molecular formula is C13H18ClF4NO. The lowest BCUT2D eigenvalue weighted by molar-refractivity contribution is -0.139. The summed E-state index contributed by atoms with van der Waals surface area (Å²) >= 11 is 0. The van der Waals surface area contributed by atoms with E-state index in [4.69, 9.17) is 5.73 Å². The van der Waals surface area contributed by atoms with E-state index in [9.17, 15) is 22.7 Å². The molecule has 20 heavy (non-hydrogen) atoms. The first-order valence-corrected chi connectivity index (χ1v) is 5.99. The predicted molar refractivity (Wildman–Crippen MR) is 71.0 cm³/mol. The fourth-order valence-corrected chi connectivity index (χ4v) is 1.89. The van der Waals surface area contributed by atoms with Crippen LogP contribution < -0.4 is 5.73 Å². The molecule has 0 amide bonds. The summed E-state index contributed by atoms with van der Waals surface area (Å²) in [5, 5.41) is 9.90. The lowest BCUT2D eigenvalue weighted by atomic mass is 9.89. The van der Waals surface area contributed by atoms with Gasteiger partial charge in [-0.1, -0.05) is 26.3 Å². The third-order valence-electron chi connectivity index (χ3n) is 3.29. The molecule has 1 aromatic rings. The number of hydrogen-bond acceptors (Lipinski definition) is 2. The van der Waals surface area contributed by atoms with Crippen LogP contribution >= 0.6 is 12.4 Å². The predicted octanol–water partition coefficient (Wildman–Crippen LogP) is 3.67. The molecule has 0 heterocycles. The van der Waals surface area contributed by atoms with Gasteiger partial charge in [0.15, 0.2) is 0 Å². The molecule has 1 aromatic carbocycles. The first-order chi connectivity index (χ1) is 8.70. The van der Waals surface area contributed by atoms with E-state index in [1.54, 1.807) is 13.8 Å². The summed E-state index contributed by atoms with van der Waals surface area (Å²) in [5.41, 5.74) is 3.81. The lowest BCUT2D eigenvalue weighted by Gasteiger charge is -2.26. The molecule has 0 bridgehead atoms. The van der Waals surface area contributed by atoms with E-state index in [2.05, 4.69) is 0 Å². The zero-order chi connectivity index (χ0) is 14.8. The van der Waals surface area contributed by atoms with Crippen LogP contribution in [0.3, 0.4) is 0 Å². The van der Waals surface area contributed by atoms with Crippen LogP contribution in [0, 0.1) is 11.7 Å². The van der Waals surface area contributed by atoms with Crippen molar-refractivity contribution < 1.29 is 22.7 Å². The molecule has 0 saturated carbocycles. The van der Waals surface area contributed by atoms with Crippen molar-refractivity contribution in [2.24, 2.45) is 11.7 Å². The Bertz CT molecular complexity index is 439. The molecule has 1 unspecified atom stereocenters. The molecule has 0 radical (unpaired) electrons. The minimum absolute atomic E-state index is 0. The van der Waals surface area contributed by atoms with Crippen LogP contribution in [-0.4, -0.2) is 11.2 Å². The molecule has 0 saturated heterocycles. The second kappa shape index (κ2) is 7.24. The summed E-state index contributed by atoms with van der Waals surface area (Å²) in [4.78, 5) is 0. The van der Waals surface area contributed by atoms with E-state index >= 15 is 0 Å². The van der Waals surface area contributed by atoms with Crippen molar-refractivity contribution in [3.63, 3.8) is 0 Å². The molecule has 3 N–H and O–H groups in total. The highest BCUT2D eigenvalue weighted by Crippen LogP contribution is 2.37. The van der Waals surface area contributed by atoms with E-state index in [-0.39, 0.29) is 18.3 Å². The third kappa shape index (κ3) is 4.07. The van der Waals surface area contributed by atoms with Gasteiger partial charge >= 0.3 is 6.18 Å². The number of benzene rings is 1. The Morgan fingerprint density at radius 1 is 1.30 bits per heavy atom. The van der Waals surface area contributed by atoms with E-state index in [0.717, 1.165) is 18.2 Å². The van der Waals surface area contributed by atoms with Crippen LogP contribution in [0.4, 0.5) is 17.6 Å². The maximum Gasteiger partial charge on any atom is 0.416 e. The lowest BCUT2D eigenvalue weighted by Crippen LogP contribution is -2.34. The first kappa shape index (κ1) is 19.1. The Morgan fingerprint density at radius 3 is 2.30 bits per heavy atom. The van der Waals surface area contributed by atoms with E-state index in [1.165, 1.54) is 0 Å². The first-order valence-electron chi connectivity index (χ1n) is 5.99. The van der Waals surface area contributed by atoms with Gasteiger partial charge in [-0.3, -0.25) is 0 Å². The summed E-state index contributed by atoms with van der Waals surface area (Å²) in [6.07, 6.45) is -5.41. The maximum atomic E-state index is 13.7. The second-order valence-electron chi connectivity index (χ2n) is 4.60. The van der Waals surface area contributed by atoms with Gasteiger partial charge in [-0.15, -0.1) is 12.4 Å². The van der Waals surface area contributed by atoms with Crippen LogP contribution in [0.15, 0.2) is 18.2 Å². The third-order valence-corrected chi connectivity index (χ3v) is 3.29. The topological polar surface area (TPSA) is 46.2 Å². The molecule has 1 rings (SSSR count). The van der Waals surface area contributed by atoms with E-state index < -0.39 is 35.3 Å². The fraction of sp³-hybridized carbons (Fsp3) is 0.538. The largest absolute Gasteiger partial charge is 0.416 e. The van der Waals surface area contributed by atoms with Gasteiger partial charge < -0.3 is 10.8 Å². The van der Waals surface area contributed by atoms with Gasteiger partial charge in [-0.2, -0.15) is 13.2 Å². The average Bonchev–Trinajstić information content (AvgIpc) is 2.34. The Kier molecular flexibility index (Phi) is 6.93. The summed E-state index contributed by atoms with van der Waals surface area (Å²) in [7, 11) is 0. The van der Waals surface area contributed by atoms with Gasteiger partial charge in [0.1, 0.15) is 5.82 Å². The quantitative estimate of drug-likeness (QED) is 0.833. The zero-order valence-corrected chi connectivity index (χ0v) is 11.9. The van der Waals surface area contributed by atoms with Crippen molar-refractivity contribution in [3.05, 3.63) is 35.1 Å². The van der Waals surface area contributed by atoms with Crippen LogP contribution in [0.5, 0.6) is 0 Å². The monoisotopic (exact) mass is 315 g/mol. The van der Waals surface area contributed by atoms with Crippen molar-refractivity contribution in [1.29, 1.82) is 0 Å². The van der Waals surface area contributed by atoms with Crippen LogP contribution in [0.1, 0.15) is 37.4 Å². The van der Waals surface area contributed by atoms with Crippen molar-refractivity contribution in [2.75, 3.05) is 0 Å². The number of halogens is 5. The van der Waals surface area contributed by atoms with Gasteiger partial charge in [0.05, 0.1) is 17.7 Å². The Labute approximate surface area is 121 Å². The summed E-state index contributed by atoms with van der Waals surface area (Å²) in [5.74, 6) is -1.37. The molecule has 0 fully saturated rings. The molecule has 0 aliphatic rings. The minimum atomic E-state index is -4.70. The van der Waals surface area contributed by atoms with Gasteiger partial charge in [-0.05, 0) is 18.1 Å². The van der Waals surface area contributed by atoms with Crippen molar-refractivity contribution in [3.8, 4) is 0 Å². The van der Waals surface area contributed by atoms with Crippen LogP contribution in [0.2, 0.25) is 0 Å². The molecular weight excluding hydrogens is 298 g/mol. The molecule has 0 spiro atoms. The molecule has 2 nitrogen and oxygen atoms in total. The average molecular weight is 316 g/mol.